The third-order valence-electron chi connectivity index (χ3n) is 3.93. The van der Waals surface area contributed by atoms with Crippen molar-refractivity contribution in [1.29, 1.82) is 0 Å². The molecule has 2 aromatic carbocycles. The van der Waals surface area contributed by atoms with Gasteiger partial charge < -0.3 is 4.90 Å². The van der Waals surface area contributed by atoms with Crippen LogP contribution in [-0.4, -0.2) is 44.3 Å². The molecule has 1 N–H and O–H groups in total. The smallest absolute Gasteiger partial charge is 0.313 e. The number of hydrogen-bond acceptors (Lipinski definition) is 4. The van der Waals surface area contributed by atoms with Crippen molar-refractivity contribution in [3.8, 4) is 22.5 Å². The fourth-order valence-electron chi connectivity index (χ4n) is 2.73. The number of benzene rings is 2. The van der Waals surface area contributed by atoms with Gasteiger partial charge in [0.15, 0.2) is 0 Å². The fourth-order valence-corrected chi connectivity index (χ4v) is 2.73. The Morgan fingerprint density at radius 3 is 2.50 bits per heavy atom. The van der Waals surface area contributed by atoms with E-state index in [-0.39, 0.29) is 6.03 Å². The number of rotatable bonds is 4. The van der Waals surface area contributed by atoms with Crippen molar-refractivity contribution in [3.63, 3.8) is 0 Å². The van der Waals surface area contributed by atoms with Gasteiger partial charge in [0, 0.05) is 18.3 Å². The van der Waals surface area contributed by atoms with Gasteiger partial charge >= 0.3 is 6.03 Å². The maximum atomic E-state index is 11.5. The molecule has 2 heterocycles. The predicted octanol–water partition coefficient (Wildman–Crippen LogP) is 2.54. The zero-order valence-corrected chi connectivity index (χ0v) is 12.8. The molecular formula is C17H14N6O. The van der Waals surface area contributed by atoms with Gasteiger partial charge in [-0.05, 0) is 21.9 Å². The van der Waals surface area contributed by atoms with Crippen LogP contribution in [0.3, 0.4) is 0 Å². The lowest BCUT2D eigenvalue weighted by atomic mass is 9.98. The molecule has 0 atom stereocenters. The molecule has 0 unspecified atom stereocenters. The largest absolute Gasteiger partial charge is 0.343 e. The summed E-state index contributed by atoms with van der Waals surface area (Å²) in [6, 6.07) is 15.9. The molecular weight excluding hydrogens is 304 g/mol. The minimum absolute atomic E-state index is 0.179. The summed E-state index contributed by atoms with van der Waals surface area (Å²) in [5.41, 5.74) is 4.07. The lowest BCUT2D eigenvalue weighted by molar-refractivity contribution is 0.217. The molecule has 118 valence electrons. The Labute approximate surface area is 138 Å². The number of nitrogens with zero attached hydrogens (tertiary/aromatic N) is 5. The molecule has 1 aliphatic rings. The van der Waals surface area contributed by atoms with Crippen LogP contribution in [0, 0.1) is 0 Å². The van der Waals surface area contributed by atoms with Crippen molar-refractivity contribution >= 4 is 12.2 Å². The molecule has 0 saturated heterocycles. The summed E-state index contributed by atoms with van der Waals surface area (Å²) in [4.78, 5) is 17.0. The molecule has 1 aliphatic heterocycles. The van der Waals surface area contributed by atoms with E-state index in [0.717, 1.165) is 22.3 Å². The Hall–Kier alpha value is -3.35. The summed E-state index contributed by atoms with van der Waals surface area (Å²) < 4.78 is 0. The van der Waals surface area contributed by atoms with E-state index in [1.807, 2.05) is 48.5 Å². The first-order chi connectivity index (χ1) is 11.8. The van der Waals surface area contributed by atoms with Crippen LogP contribution in [-0.2, 0) is 6.54 Å². The number of H-pyrrole nitrogens is 1. The van der Waals surface area contributed by atoms with Gasteiger partial charge in [-0.1, -0.05) is 48.5 Å². The van der Waals surface area contributed by atoms with E-state index in [0.29, 0.717) is 18.9 Å². The molecule has 2 amide bonds. The summed E-state index contributed by atoms with van der Waals surface area (Å²) in [6.07, 6.45) is 1.64. The van der Waals surface area contributed by atoms with Crippen molar-refractivity contribution < 1.29 is 4.79 Å². The zero-order chi connectivity index (χ0) is 16.4. The van der Waals surface area contributed by atoms with Crippen molar-refractivity contribution in [3.05, 3.63) is 54.1 Å². The molecule has 4 rings (SSSR count). The molecule has 3 aromatic rings. The van der Waals surface area contributed by atoms with E-state index >= 15 is 0 Å². The van der Waals surface area contributed by atoms with Gasteiger partial charge in [-0.15, -0.1) is 10.2 Å². The minimum Gasteiger partial charge on any atom is -0.313 e. The highest BCUT2D eigenvalue weighted by atomic mass is 16.2. The van der Waals surface area contributed by atoms with Gasteiger partial charge in [-0.2, -0.15) is 5.21 Å². The Balaban J connectivity index is 1.61. The number of carbonyl (C=O) groups excluding carboxylic acids is 1. The number of aromatic nitrogens is 4. The molecule has 0 spiro atoms. The molecule has 0 saturated carbocycles. The van der Waals surface area contributed by atoms with Gasteiger partial charge in [-0.3, -0.25) is 0 Å². The second-order valence-corrected chi connectivity index (χ2v) is 5.45. The third-order valence-corrected chi connectivity index (χ3v) is 3.93. The first kappa shape index (κ1) is 14.3. The summed E-state index contributed by atoms with van der Waals surface area (Å²) in [6.45, 7) is 1.13. The average molecular weight is 318 g/mol. The molecule has 0 fully saturated rings. The van der Waals surface area contributed by atoms with Gasteiger partial charge in [-0.25, -0.2) is 9.79 Å². The summed E-state index contributed by atoms with van der Waals surface area (Å²) >= 11 is 0. The quantitative estimate of drug-likeness (QED) is 0.801. The first-order valence-corrected chi connectivity index (χ1v) is 7.55. The van der Waals surface area contributed by atoms with Crippen LogP contribution >= 0.6 is 0 Å². The first-order valence-electron chi connectivity index (χ1n) is 7.55. The standard InChI is InChI=1S/C17H14N6O/c24-17-18-9-10-23(17)11-12-5-7-13(8-6-12)14-3-1-2-4-15(14)16-19-21-22-20-16/h1-9H,10-11H2,(H,19,20,21,22). The highest BCUT2D eigenvalue weighted by molar-refractivity contribution is 5.90. The number of aromatic amines is 1. The fraction of sp³-hybridized carbons (Fsp3) is 0.118. The van der Waals surface area contributed by atoms with Crippen LogP contribution in [0.25, 0.3) is 22.5 Å². The van der Waals surface area contributed by atoms with Crippen molar-refractivity contribution in [2.75, 3.05) is 6.54 Å². The lowest BCUT2D eigenvalue weighted by Gasteiger charge is -2.14. The number of amides is 2. The van der Waals surface area contributed by atoms with Gasteiger partial charge in [0.2, 0.25) is 5.82 Å². The molecule has 0 radical (unpaired) electrons. The van der Waals surface area contributed by atoms with Crippen LogP contribution < -0.4 is 0 Å². The van der Waals surface area contributed by atoms with E-state index in [2.05, 4.69) is 25.6 Å². The number of carbonyl (C=O) groups is 1. The van der Waals surface area contributed by atoms with Crippen LogP contribution in [0.1, 0.15) is 5.56 Å². The van der Waals surface area contributed by atoms with E-state index in [1.54, 1.807) is 11.1 Å². The Bertz CT molecular complexity index is 886. The Kier molecular flexibility index (Phi) is 3.59. The van der Waals surface area contributed by atoms with Gasteiger partial charge in [0.25, 0.3) is 0 Å². The third kappa shape index (κ3) is 2.67. The summed E-state index contributed by atoms with van der Waals surface area (Å²) in [7, 11) is 0. The monoisotopic (exact) mass is 318 g/mol. The Morgan fingerprint density at radius 2 is 1.83 bits per heavy atom. The number of hydrogen-bond donors (Lipinski definition) is 1. The molecule has 0 aliphatic carbocycles. The zero-order valence-electron chi connectivity index (χ0n) is 12.8. The average Bonchev–Trinajstić information content (AvgIpc) is 3.28. The number of urea groups is 1. The van der Waals surface area contributed by atoms with Gasteiger partial charge in [0.05, 0.1) is 6.54 Å². The van der Waals surface area contributed by atoms with Crippen LogP contribution in [0.5, 0.6) is 0 Å². The van der Waals surface area contributed by atoms with E-state index < -0.39 is 0 Å². The van der Waals surface area contributed by atoms with Crippen molar-refractivity contribution in [2.24, 2.45) is 4.99 Å². The maximum Gasteiger partial charge on any atom is 0.343 e. The molecule has 0 bridgehead atoms. The van der Waals surface area contributed by atoms with Crippen molar-refractivity contribution in [2.45, 2.75) is 6.54 Å². The minimum atomic E-state index is -0.179. The number of tetrazole rings is 1. The van der Waals surface area contributed by atoms with Crippen LogP contribution in [0.2, 0.25) is 0 Å². The van der Waals surface area contributed by atoms with Gasteiger partial charge in [0.1, 0.15) is 0 Å². The maximum absolute atomic E-state index is 11.5. The number of aliphatic imine (C=N–C) groups is 1. The topological polar surface area (TPSA) is 87.1 Å². The van der Waals surface area contributed by atoms with Crippen LogP contribution in [0.4, 0.5) is 4.79 Å². The predicted molar refractivity (Wildman–Crippen MR) is 89.3 cm³/mol. The van der Waals surface area contributed by atoms with E-state index in [1.165, 1.54) is 0 Å². The second-order valence-electron chi connectivity index (χ2n) is 5.45. The summed E-state index contributed by atoms with van der Waals surface area (Å²) in [5, 5.41) is 14.2. The second kappa shape index (κ2) is 6.04. The van der Waals surface area contributed by atoms with E-state index in [9.17, 15) is 4.79 Å². The molecule has 7 nitrogen and oxygen atoms in total. The van der Waals surface area contributed by atoms with E-state index in [4.69, 9.17) is 0 Å². The SMILES string of the molecule is O=C1N=CCN1Cc1ccc(-c2ccccc2-c2nn[nH]n2)cc1. The normalized spacial score (nSPS) is 13.7. The number of nitrogens with one attached hydrogen (secondary N) is 1. The molecule has 7 heteroatoms. The highest BCUT2D eigenvalue weighted by Crippen LogP contribution is 2.29. The summed E-state index contributed by atoms with van der Waals surface area (Å²) in [5.74, 6) is 0.564. The lowest BCUT2D eigenvalue weighted by Crippen LogP contribution is -2.23. The van der Waals surface area contributed by atoms with Crippen molar-refractivity contribution in [1.82, 2.24) is 25.5 Å². The molecule has 1 aromatic heterocycles. The van der Waals surface area contributed by atoms with Crippen LogP contribution in [0.15, 0.2) is 53.5 Å². The highest BCUT2D eigenvalue weighted by Gasteiger charge is 2.16. The molecule has 24 heavy (non-hydrogen) atoms. The Morgan fingerprint density at radius 1 is 1.04 bits per heavy atom.